The predicted molar refractivity (Wildman–Crippen MR) is 119 cm³/mol. The van der Waals surface area contributed by atoms with Gasteiger partial charge in [-0.15, -0.1) is 0 Å². The molecule has 0 fully saturated rings. The van der Waals surface area contributed by atoms with E-state index >= 15 is 0 Å². The number of hydrogen-bond acceptors (Lipinski definition) is 4. The minimum absolute atomic E-state index is 0.0600. The normalized spacial score (nSPS) is 14.7. The Morgan fingerprint density at radius 1 is 1.00 bits per heavy atom. The summed E-state index contributed by atoms with van der Waals surface area (Å²) in [6.07, 6.45) is 0.475. The second-order valence-electron chi connectivity index (χ2n) is 7.88. The van der Waals surface area contributed by atoms with Gasteiger partial charge in [0.05, 0.1) is 0 Å². The van der Waals surface area contributed by atoms with Crippen LogP contribution in [-0.2, 0) is 13.0 Å². The molecule has 1 atom stereocenters. The van der Waals surface area contributed by atoms with Crippen LogP contribution >= 0.6 is 0 Å². The van der Waals surface area contributed by atoms with Crippen LogP contribution in [0.25, 0.3) is 11.1 Å². The zero-order chi connectivity index (χ0) is 20.9. The minimum atomic E-state index is -0.547. The lowest BCUT2D eigenvalue weighted by molar-refractivity contribution is 0.0638. The van der Waals surface area contributed by atoms with Gasteiger partial charge >= 0.3 is 0 Å². The van der Waals surface area contributed by atoms with Gasteiger partial charge in [0.15, 0.2) is 5.78 Å². The third kappa shape index (κ3) is 4.96. The molecule has 0 bridgehead atoms. The number of ketones is 1. The maximum absolute atomic E-state index is 11.5. The number of ether oxygens (including phenoxy) is 1. The van der Waals surface area contributed by atoms with Crippen molar-refractivity contribution in [2.45, 2.75) is 26.0 Å². The average Bonchev–Trinajstić information content (AvgIpc) is 2.78. The summed E-state index contributed by atoms with van der Waals surface area (Å²) < 4.78 is 5.87. The lowest BCUT2D eigenvalue weighted by atomic mass is 10.00. The summed E-state index contributed by atoms with van der Waals surface area (Å²) in [6, 6.07) is 23.9. The van der Waals surface area contributed by atoms with Gasteiger partial charge in [-0.3, -0.25) is 9.69 Å². The van der Waals surface area contributed by atoms with Crippen LogP contribution < -0.4 is 4.74 Å². The van der Waals surface area contributed by atoms with Crippen molar-refractivity contribution in [1.29, 1.82) is 0 Å². The second kappa shape index (κ2) is 9.24. The summed E-state index contributed by atoms with van der Waals surface area (Å²) in [5, 5.41) is 10.5. The number of aliphatic hydroxyl groups excluding tert-OH is 1. The van der Waals surface area contributed by atoms with Gasteiger partial charge in [-0.25, -0.2) is 0 Å². The maximum Gasteiger partial charge on any atom is 0.159 e. The Morgan fingerprint density at radius 2 is 1.77 bits per heavy atom. The van der Waals surface area contributed by atoms with Crippen LogP contribution in [-0.4, -0.2) is 41.6 Å². The second-order valence-corrected chi connectivity index (χ2v) is 7.88. The molecule has 154 valence electrons. The molecule has 0 saturated heterocycles. The molecular formula is C26H27NO3. The largest absolute Gasteiger partial charge is 0.491 e. The summed E-state index contributed by atoms with van der Waals surface area (Å²) in [4.78, 5) is 13.7. The van der Waals surface area contributed by atoms with Crippen LogP contribution in [0.2, 0.25) is 0 Å². The number of hydrogen-bond donors (Lipinski definition) is 1. The molecule has 0 saturated carbocycles. The molecule has 1 aliphatic rings. The SMILES string of the molecule is CC(=O)c1ccc(-c2cccc(OCC(O)CN3CCc4ccccc4C3)c2)cc1. The summed E-state index contributed by atoms with van der Waals surface area (Å²) in [5.74, 6) is 0.788. The zero-order valence-corrected chi connectivity index (χ0v) is 17.3. The molecule has 30 heavy (non-hydrogen) atoms. The molecule has 0 radical (unpaired) electrons. The highest BCUT2D eigenvalue weighted by atomic mass is 16.5. The van der Waals surface area contributed by atoms with Crippen LogP contribution in [0.3, 0.4) is 0 Å². The number of Topliss-reactive ketones (excluding diaryl/α,β-unsaturated/α-hetero) is 1. The van der Waals surface area contributed by atoms with Crippen molar-refractivity contribution in [3.63, 3.8) is 0 Å². The van der Waals surface area contributed by atoms with E-state index in [-0.39, 0.29) is 12.4 Å². The van der Waals surface area contributed by atoms with E-state index in [1.54, 1.807) is 6.92 Å². The number of carbonyl (C=O) groups excluding carboxylic acids is 1. The first kappa shape index (κ1) is 20.3. The van der Waals surface area contributed by atoms with E-state index in [0.29, 0.717) is 12.1 Å². The smallest absolute Gasteiger partial charge is 0.159 e. The van der Waals surface area contributed by atoms with E-state index in [4.69, 9.17) is 4.74 Å². The highest BCUT2D eigenvalue weighted by Gasteiger charge is 2.18. The Kier molecular flexibility index (Phi) is 6.26. The van der Waals surface area contributed by atoms with Crippen molar-refractivity contribution < 1.29 is 14.6 Å². The molecule has 0 aliphatic carbocycles. The fraction of sp³-hybridized carbons (Fsp3) is 0.269. The van der Waals surface area contributed by atoms with Gasteiger partial charge in [0, 0.05) is 25.2 Å². The summed E-state index contributed by atoms with van der Waals surface area (Å²) in [7, 11) is 0. The van der Waals surface area contributed by atoms with Crippen molar-refractivity contribution in [3.8, 4) is 16.9 Å². The standard InChI is InChI=1S/C26H27NO3/c1-19(28)20-9-11-22(12-10-20)23-7-4-8-26(15-23)30-18-25(29)17-27-14-13-21-5-2-3-6-24(21)16-27/h2-12,15,25,29H,13-14,16-18H2,1H3. The Hall–Kier alpha value is -2.95. The number of nitrogens with zero attached hydrogens (tertiary/aromatic N) is 1. The van der Waals surface area contributed by atoms with Gasteiger partial charge in [0.25, 0.3) is 0 Å². The van der Waals surface area contributed by atoms with Gasteiger partial charge in [-0.1, -0.05) is 60.7 Å². The molecule has 0 amide bonds. The molecule has 4 rings (SSSR count). The topological polar surface area (TPSA) is 49.8 Å². The lowest BCUT2D eigenvalue weighted by Gasteiger charge is -2.30. The molecular weight excluding hydrogens is 374 g/mol. The number of benzene rings is 3. The molecule has 1 N–H and O–H groups in total. The monoisotopic (exact) mass is 401 g/mol. The number of rotatable bonds is 7. The van der Waals surface area contributed by atoms with Gasteiger partial charge < -0.3 is 9.84 Å². The first-order valence-corrected chi connectivity index (χ1v) is 10.4. The molecule has 4 heteroatoms. The van der Waals surface area contributed by atoms with Gasteiger partial charge in [0.1, 0.15) is 18.5 Å². The molecule has 1 heterocycles. The van der Waals surface area contributed by atoms with Crippen LogP contribution in [0.5, 0.6) is 5.75 Å². The van der Waals surface area contributed by atoms with Crippen molar-refractivity contribution in [3.05, 3.63) is 89.5 Å². The molecule has 1 aliphatic heterocycles. The quantitative estimate of drug-likeness (QED) is 0.598. The van der Waals surface area contributed by atoms with E-state index in [1.165, 1.54) is 11.1 Å². The Labute approximate surface area is 177 Å². The summed E-state index contributed by atoms with van der Waals surface area (Å²) >= 11 is 0. The average molecular weight is 402 g/mol. The Balaban J connectivity index is 1.33. The number of β-amino-alcohol motifs (C(OH)–C–C–N with tert-alkyl or cyclic N) is 1. The van der Waals surface area contributed by atoms with Crippen LogP contribution in [0.4, 0.5) is 0 Å². The van der Waals surface area contributed by atoms with Crippen molar-refractivity contribution in [1.82, 2.24) is 4.90 Å². The third-order valence-corrected chi connectivity index (χ3v) is 5.58. The van der Waals surface area contributed by atoms with Gasteiger partial charge in [0.2, 0.25) is 0 Å². The highest BCUT2D eigenvalue weighted by Crippen LogP contribution is 2.25. The maximum atomic E-state index is 11.5. The van der Waals surface area contributed by atoms with Crippen LogP contribution in [0.15, 0.2) is 72.8 Å². The van der Waals surface area contributed by atoms with Gasteiger partial charge in [-0.05, 0) is 47.7 Å². The zero-order valence-electron chi connectivity index (χ0n) is 17.3. The van der Waals surface area contributed by atoms with E-state index in [2.05, 4.69) is 29.2 Å². The molecule has 3 aromatic rings. The van der Waals surface area contributed by atoms with E-state index < -0.39 is 6.10 Å². The van der Waals surface area contributed by atoms with Crippen molar-refractivity contribution in [2.24, 2.45) is 0 Å². The van der Waals surface area contributed by atoms with Gasteiger partial charge in [-0.2, -0.15) is 0 Å². The first-order chi connectivity index (χ1) is 14.6. The Bertz CT molecular complexity index is 1010. The Morgan fingerprint density at radius 3 is 2.53 bits per heavy atom. The minimum Gasteiger partial charge on any atom is -0.491 e. The summed E-state index contributed by atoms with van der Waals surface area (Å²) in [6.45, 7) is 4.25. The first-order valence-electron chi connectivity index (χ1n) is 10.4. The van der Waals surface area contributed by atoms with E-state index in [9.17, 15) is 9.90 Å². The molecule has 0 aromatic heterocycles. The molecule has 3 aromatic carbocycles. The van der Waals surface area contributed by atoms with Crippen LogP contribution in [0, 0.1) is 0 Å². The number of carbonyl (C=O) groups is 1. The molecule has 0 spiro atoms. The lowest BCUT2D eigenvalue weighted by Crippen LogP contribution is -2.38. The van der Waals surface area contributed by atoms with E-state index in [0.717, 1.165) is 36.4 Å². The highest BCUT2D eigenvalue weighted by molar-refractivity contribution is 5.94. The van der Waals surface area contributed by atoms with Crippen LogP contribution in [0.1, 0.15) is 28.4 Å². The van der Waals surface area contributed by atoms with Crippen molar-refractivity contribution >= 4 is 5.78 Å². The number of aliphatic hydroxyl groups is 1. The fourth-order valence-electron chi connectivity index (χ4n) is 3.92. The molecule has 1 unspecified atom stereocenters. The van der Waals surface area contributed by atoms with E-state index in [1.807, 2.05) is 48.5 Å². The third-order valence-electron chi connectivity index (χ3n) is 5.58. The molecule has 4 nitrogen and oxygen atoms in total. The fourth-order valence-corrected chi connectivity index (χ4v) is 3.92. The predicted octanol–water partition coefficient (Wildman–Crippen LogP) is 4.35. The van der Waals surface area contributed by atoms with Crippen molar-refractivity contribution in [2.75, 3.05) is 19.7 Å². The summed E-state index contributed by atoms with van der Waals surface area (Å²) in [5.41, 5.74) is 5.50. The number of fused-ring (bicyclic) bond motifs is 1.